The molecule has 0 aromatic carbocycles. The number of aromatic hydroxyl groups is 1. The highest BCUT2D eigenvalue weighted by Gasteiger charge is 2.04. The third kappa shape index (κ3) is 1.93. The van der Waals surface area contributed by atoms with E-state index in [9.17, 15) is 4.79 Å². The van der Waals surface area contributed by atoms with Crippen LogP contribution in [0.3, 0.4) is 0 Å². The Balaban J connectivity index is 2.86. The second kappa shape index (κ2) is 3.01. The number of hydrogen-bond donors (Lipinski definition) is 2. The second-order valence-corrected chi connectivity index (χ2v) is 2.06. The molecule has 1 aromatic rings. The number of nitrogens with zero attached hydrogens (tertiary/aromatic N) is 1. The Morgan fingerprint density at radius 2 is 2.36 bits per heavy atom. The summed E-state index contributed by atoms with van der Waals surface area (Å²) in [6.45, 7) is 0. The summed E-state index contributed by atoms with van der Waals surface area (Å²) in [7, 11) is 0. The molecule has 0 aliphatic rings. The number of carbonyl (C=O) groups is 1. The van der Waals surface area contributed by atoms with Gasteiger partial charge < -0.3 is 10.2 Å². The first kappa shape index (κ1) is 7.53. The number of hydrogen-bond acceptors (Lipinski definition) is 3. The predicted molar refractivity (Wildman–Crippen MR) is 37.2 cm³/mol. The molecule has 1 heterocycles. The first-order valence-electron chi connectivity index (χ1n) is 3.05. The molecule has 0 saturated carbocycles. The molecule has 0 radical (unpaired) electrons. The Morgan fingerprint density at radius 1 is 1.64 bits per heavy atom. The van der Waals surface area contributed by atoms with Crippen molar-refractivity contribution in [1.29, 1.82) is 0 Å². The van der Waals surface area contributed by atoms with Gasteiger partial charge in [-0.15, -0.1) is 0 Å². The fourth-order valence-corrected chi connectivity index (χ4v) is 0.731. The van der Waals surface area contributed by atoms with Crippen LogP contribution in [0.15, 0.2) is 18.3 Å². The monoisotopic (exact) mass is 153 g/mol. The molecule has 0 unspecified atom stereocenters. The zero-order chi connectivity index (χ0) is 8.27. The van der Waals surface area contributed by atoms with Gasteiger partial charge in [-0.2, -0.15) is 0 Å². The lowest BCUT2D eigenvalue weighted by Gasteiger charge is -1.97. The highest BCUT2D eigenvalue weighted by atomic mass is 16.4. The normalized spacial score (nSPS) is 9.45. The first-order valence-corrected chi connectivity index (χ1v) is 3.05. The quantitative estimate of drug-likeness (QED) is 0.645. The summed E-state index contributed by atoms with van der Waals surface area (Å²) < 4.78 is 0. The van der Waals surface area contributed by atoms with Crippen LogP contribution in [-0.4, -0.2) is 21.2 Å². The Morgan fingerprint density at radius 3 is 2.91 bits per heavy atom. The lowest BCUT2D eigenvalue weighted by Crippen LogP contribution is -2.00. The smallest absolute Gasteiger partial charge is 0.308 e. The standard InChI is InChI=1S/C7H7NO3/c9-6(10)4-5-2-1-3-8-7(5)11/h1-3H,4H2,(H,8,11)(H,9,10). The summed E-state index contributed by atoms with van der Waals surface area (Å²) >= 11 is 0. The van der Waals surface area contributed by atoms with Gasteiger partial charge >= 0.3 is 5.97 Å². The van der Waals surface area contributed by atoms with Crippen molar-refractivity contribution in [2.24, 2.45) is 0 Å². The molecule has 58 valence electrons. The van der Waals surface area contributed by atoms with Crippen LogP contribution in [0.5, 0.6) is 5.88 Å². The highest BCUT2D eigenvalue weighted by molar-refractivity contribution is 5.70. The lowest BCUT2D eigenvalue weighted by molar-refractivity contribution is -0.136. The first-order chi connectivity index (χ1) is 5.20. The van der Waals surface area contributed by atoms with Gasteiger partial charge in [0.15, 0.2) is 0 Å². The summed E-state index contributed by atoms with van der Waals surface area (Å²) in [5.41, 5.74) is 0.333. The van der Waals surface area contributed by atoms with E-state index >= 15 is 0 Å². The van der Waals surface area contributed by atoms with Gasteiger partial charge in [-0.3, -0.25) is 4.79 Å². The minimum absolute atomic E-state index is 0.195. The molecule has 0 atom stereocenters. The molecular weight excluding hydrogens is 146 g/mol. The molecule has 1 aromatic heterocycles. The van der Waals surface area contributed by atoms with E-state index in [-0.39, 0.29) is 12.3 Å². The fourth-order valence-electron chi connectivity index (χ4n) is 0.731. The highest BCUT2D eigenvalue weighted by Crippen LogP contribution is 2.11. The van der Waals surface area contributed by atoms with Crippen LogP contribution in [0.25, 0.3) is 0 Å². The van der Waals surface area contributed by atoms with Crippen LogP contribution in [0.2, 0.25) is 0 Å². The van der Waals surface area contributed by atoms with Crippen molar-refractivity contribution in [3.8, 4) is 5.88 Å². The van der Waals surface area contributed by atoms with Gasteiger partial charge in [-0.1, -0.05) is 6.07 Å². The maximum absolute atomic E-state index is 10.2. The van der Waals surface area contributed by atoms with Gasteiger partial charge in [0.05, 0.1) is 6.42 Å². The van der Waals surface area contributed by atoms with Gasteiger partial charge in [0.1, 0.15) is 0 Å². The minimum Gasteiger partial charge on any atom is -0.493 e. The number of aliphatic carboxylic acids is 1. The zero-order valence-electron chi connectivity index (χ0n) is 5.69. The van der Waals surface area contributed by atoms with Crippen LogP contribution in [0, 0.1) is 0 Å². The molecule has 1 rings (SSSR count). The zero-order valence-corrected chi connectivity index (χ0v) is 5.69. The number of rotatable bonds is 2. The molecule has 4 nitrogen and oxygen atoms in total. The maximum atomic E-state index is 10.2. The number of pyridine rings is 1. The van der Waals surface area contributed by atoms with Crippen molar-refractivity contribution in [3.05, 3.63) is 23.9 Å². The van der Waals surface area contributed by atoms with Gasteiger partial charge in [-0.05, 0) is 6.07 Å². The van der Waals surface area contributed by atoms with Crippen molar-refractivity contribution in [2.45, 2.75) is 6.42 Å². The van der Waals surface area contributed by atoms with E-state index in [1.165, 1.54) is 12.3 Å². The van der Waals surface area contributed by atoms with E-state index in [4.69, 9.17) is 10.2 Å². The molecule has 0 amide bonds. The largest absolute Gasteiger partial charge is 0.493 e. The van der Waals surface area contributed by atoms with E-state index in [0.717, 1.165) is 0 Å². The SMILES string of the molecule is O=C(O)Cc1cccnc1O. The third-order valence-corrected chi connectivity index (χ3v) is 1.21. The van der Waals surface area contributed by atoms with E-state index in [1.54, 1.807) is 6.07 Å². The molecule has 2 N–H and O–H groups in total. The van der Waals surface area contributed by atoms with Gasteiger partial charge in [0.25, 0.3) is 0 Å². The summed E-state index contributed by atoms with van der Waals surface area (Å²) in [5, 5.41) is 17.3. The number of carboxylic acid groups (broad SMARTS) is 1. The minimum atomic E-state index is -0.978. The topological polar surface area (TPSA) is 70.4 Å². The summed E-state index contributed by atoms with van der Waals surface area (Å²) in [6.07, 6.45) is 1.21. The van der Waals surface area contributed by atoms with Gasteiger partial charge in [0, 0.05) is 11.8 Å². The van der Waals surface area contributed by atoms with Crippen LogP contribution >= 0.6 is 0 Å². The molecule has 0 saturated heterocycles. The average molecular weight is 153 g/mol. The third-order valence-electron chi connectivity index (χ3n) is 1.21. The number of aromatic nitrogens is 1. The molecule has 0 spiro atoms. The van der Waals surface area contributed by atoms with Crippen LogP contribution in [0.1, 0.15) is 5.56 Å². The van der Waals surface area contributed by atoms with Crippen molar-refractivity contribution in [2.75, 3.05) is 0 Å². The van der Waals surface area contributed by atoms with Crippen LogP contribution < -0.4 is 0 Å². The Bertz CT molecular complexity index is 272. The maximum Gasteiger partial charge on any atom is 0.308 e. The molecule has 0 fully saturated rings. The van der Waals surface area contributed by atoms with Crippen molar-refractivity contribution < 1.29 is 15.0 Å². The van der Waals surface area contributed by atoms with E-state index < -0.39 is 5.97 Å². The Kier molecular flexibility index (Phi) is 2.06. The van der Waals surface area contributed by atoms with E-state index in [2.05, 4.69) is 4.98 Å². The second-order valence-electron chi connectivity index (χ2n) is 2.06. The number of carboxylic acids is 1. The average Bonchev–Trinajstić information content (AvgIpc) is 1.93. The van der Waals surface area contributed by atoms with Gasteiger partial charge in [0.2, 0.25) is 5.88 Å². The summed E-state index contributed by atoms with van der Waals surface area (Å²) in [6, 6.07) is 3.11. The van der Waals surface area contributed by atoms with Crippen molar-refractivity contribution in [1.82, 2.24) is 4.98 Å². The molecule has 11 heavy (non-hydrogen) atoms. The van der Waals surface area contributed by atoms with Crippen molar-refractivity contribution in [3.63, 3.8) is 0 Å². The Hall–Kier alpha value is -1.58. The molecular formula is C7H7NO3. The molecule has 0 aliphatic heterocycles. The molecule has 0 bridgehead atoms. The Labute approximate surface area is 63.1 Å². The molecule has 0 aliphatic carbocycles. The van der Waals surface area contributed by atoms with Crippen LogP contribution in [0.4, 0.5) is 0 Å². The predicted octanol–water partition coefficient (Wildman–Crippen LogP) is 0.414. The van der Waals surface area contributed by atoms with Crippen LogP contribution in [-0.2, 0) is 11.2 Å². The fraction of sp³-hybridized carbons (Fsp3) is 0.143. The van der Waals surface area contributed by atoms with Gasteiger partial charge in [-0.25, -0.2) is 4.98 Å². The summed E-state index contributed by atoms with van der Waals surface area (Å²) in [4.78, 5) is 13.7. The van der Waals surface area contributed by atoms with Crippen molar-refractivity contribution >= 4 is 5.97 Å². The van der Waals surface area contributed by atoms with E-state index in [1.807, 2.05) is 0 Å². The summed E-state index contributed by atoms with van der Waals surface area (Å²) in [5.74, 6) is -1.19. The molecule has 4 heteroatoms. The lowest BCUT2D eigenvalue weighted by atomic mass is 10.2. The van der Waals surface area contributed by atoms with E-state index in [0.29, 0.717) is 5.56 Å².